The smallest absolute Gasteiger partial charge is 0.328 e. The Morgan fingerprint density at radius 3 is 3.10 bits per heavy atom. The van der Waals surface area contributed by atoms with E-state index in [1.54, 1.807) is 6.08 Å². The third kappa shape index (κ3) is 3.52. The largest absolute Gasteiger partial charge is 0.478 e. The Bertz CT molecular complexity index is 516. The van der Waals surface area contributed by atoms with Crippen LogP contribution in [-0.4, -0.2) is 36.9 Å². The van der Waals surface area contributed by atoms with Gasteiger partial charge in [-0.1, -0.05) is 30.7 Å². The molecule has 0 radical (unpaired) electrons. The summed E-state index contributed by atoms with van der Waals surface area (Å²) < 4.78 is 5.66. The number of morpholine rings is 1. The monoisotopic (exact) mass is 295 g/mol. The molecule has 1 aliphatic rings. The molecule has 1 fully saturated rings. The Hall–Kier alpha value is -1.52. The summed E-state index contributed by atoms with van der Waals surface area (Å²) in [7, 11) is 0. The van der Waals surface area contributed by atoms with Crippen LogP contribution < -0.4 is 4.90 Å². The minimum atomic E-state index is -0.968. The summed E-state index contributed by atoms with van der Waals surface area (Å²) in [5.74, 6) is -0.968. The van der Waals surface area contributed by atoms with Crippen LogP contribution in [-0.2, 0) is 9.53 Å². The van der Waals surface area contributed by atoms with Gasteiger partial charge in [-0.3, -0.25) is 0 Å². The summed E-state index contributed by atoms with van der Waals surface area (Å²) in [6.07, 6.45) is 3.85. The quantitative estimate of drug-likeness (QED) is 0.868. The van der Waals surface area contributed by atoms with E-state index < -0.39 is 5.97 Å². The highest BCUT2D eigenvalue weighted by Crippen LogP contribution is 2.32. The molecule has 1 N–H and O–H groups in total. The van der Waals surface area contributed by atoms with Crippen LogP contribution in [0.1, 0.15) is 18.9 Å². The van der Waals surface area contributed by atoms with E-state index in [9.17, 15) is 4.79 Å². The number of carboxylic acid groups (broad SMARTS) is 1. The average molecular weight is 296 g/mol. The van der Waals surface area contributed by atoms with Crippen LogP contribution in [0.25, 0.3) is 6.08 Å². The van der Waals surface area contributed by atoms with E-state index in [1.807, 2.05) is 18.2 Å². The van der Waals surface area contributed by atoms with Gasteiger partial charge in [-0.05, 0) is 24.1 Å². The number of anilines is 1. The molecule has 1 aromatic rings. The number of carboxylic acids is 1. The van der Waals surface area contributed by atoms with Crippen LogP contribution in [0, 0.1) is 0 Å². The molecular formula is C15H18ClNO3. The van der Waals surface area contributed by atoms with Gasteiger partial charge in [0, 0.05) is 19.2 Å². The number of para-hydroxylation sites is 1. The van der Waals surface area contributed by atoms with Crippen LogP contribution >= 0.6 is 11.6 Å². The zero-order valence-corrected chi connectivity index (χ0v) is 12.1. The van der Waals surface area contributed by atoms with Gasteiger partial charge >= 0.3 is 5.97 Å². The molecule has 0 amide bonds. The van der Waals surface area contributed by atoms with E-state index in [1.165, 1.54) is 0 Å². The lowest BCUT2D eigenvalue weighted by atomic mass is 10.1. The number of benzene rings is 1. The van der Waals surface area contributed by atoms with E-state index in [0.29, 0.717) is 11.6 Å². The van der Waals surface area contributed by atoms with Gasteiger partial charge in [0.15, 0.2) is 0 Å². The van der Waals surface area contributed by atoms with E-state index in [2.05, 4.69) is 11.8 Å². The standard InChI is InChI=1S/C15H18ClNO3/c1-2-12-10-17(8-9-20-12)15-11(6-7-14(18)19)4-3-5-13(15)16/h3-7,12H,2,8-10H2,1H3,(H,18,19)/b7-6+. The van der Waals surface area contributed by atoms with Crippen LogP contribution in [0.15, 0.2) is 24.3 Å². The van der Waals surface area contributed by atoms with Crippen molar-refractivity contribution < 1.29 is 14.6 Å². The average Bonchev–Trinajstić information content (AvgIpc) is 2.45. The van der Waals surface area contributed by atoms with Gasteiger partial charge in [0.25, 0.3) is 0 Å². The lowest BCUT2D eigenvalue weighted by Crippen LogP contribution is -2.42. The van der Waals surface area contributed by atoms with Crippen molar-refractivity contribution in [2.24, 2.45) is 0 Å². The molecule has 1 aromatic carbocycles. The molecule has 5 heteroatoms. The number of aliphatic carboxylic acids is 1. The SMILES string of the molecule is CCC1CN(c2c(Cl)cccc2/C=C/C(=O)O)CCO1. The third-order valence-electron chi connectivity index (χ3n) is 3.33. The van der Waals surface area contributed by atoms with Crippen molar-refractivity contribution >= 4 is 29.3 Å². The molecule has 0 saturated carbocycles. The van der Waals surface area contributed by atoms with Gasteiger partial charge in [0.1, 0.15) is 0 Å². The Morgan fingerprint density at radius 2 is 2.40 bits per heavy atom. The van der Waals surface area contributed by atoms with Crippen molar-refractivity contribution in [3.05, 3.63) is 34.9 Å². The fourth-order valence-corrected chi connectivity index (χ4v) is 2.63. The summed E-state index contributed by atoms with van der Waals surface area (Å²) in [6, 6.07) is 5.52. The third-order valence-corrected chi connectivity index (χ3v) is 3.64. The molecule has 108 valence electrons. The lowest BCUT2D eigenvalue weighted by Gasteiger charge is -2.35. The molecule has 1 saturated heterocycles. The number of carbonyl (C=O) groups is 1. The van der Waals surface area contributed by atoms with E-state index >= 15 is 0 Å². The second-order valence-electron chi connectivity index (χ2n) is 4.70. The molecule has 1 aliphatic heterocycles. The zero-order valence-electron chi connectivity index (χ0n) is 11.4. The molecular weight excluding hydrogens is 278 g/mol. The number of hydrogen-bond donors (Lipinski definition) is 1. The van der Waals surface area contributed by atoms with Gasteiger partial charge in [-0.25, -0.2) is 4.79 Å². The van der Waals surface area contributed by atoms with E-state index in [4.69, 9.17) is 21.4 Å². The lowest BCUT2D eigenvalue weighted by molar-refractivity contribution is -0.131. The number of nitrogens with zero attached hydrogens (tertiary/aromatic N) is 1. The normalized spacial score (nSPS) is 19.5. The van der Waals surface area contributed by atoms with Gasteiger partial charge in [-0.2, -0.15) is 0 Å². The summed E-state index contributed by atoms with van der Waals surface area (Å²) in [6.45, 7) is 4.28. The minimum absolute atomic E-state index is 0.191. The predicted octanol–water partition coefficient (Wildman–Crippen LogP) is 3.05. The summed E-state index contributed by atoms with van der Waals surface area (Å²) in [4.78, 5) is 12.9. The van der Waals surface area contributed by atoms with E-state index in [0.717, 1.165) is 36.8 Å². The highest BCUT2D eigenvalue weighted by Gasteiger charge is 2.22. The van der Waals surface area contributed by atoms with Crippen molar-refractivity contribution in [2.75, 3.05) is 24.6 Å². The van der Waals surface area contributed by atoms with Gasteiger partial charge in [0.05, 0.1) is 23.4 Å². The summed E-state index contributed by atoms with van der Waals surface area (Å²) in [5, 5.41) is 9.41. The first-order valence-corrected chi connectivity index (χ1v) is 7.05. The number of hydrogen-bond acceptors (Lipinski definition) is 3. The molecule has 4 nitrogen and oxygen atoms in total. The van der Waals surface area contributed by atoms with Crippen molar-refractivity contribution in [1.82, 2.24) is 0 Å². The first-order valence-electron chi connectivity index (χ1n) is 6.68. The van der Waals surface area contributed by atoms with Gasteiger partial charge in [0.2, 0.25) is 0 Å². The molecule has 2 rings (SSSR count). The Labute approximate surface area is 123 Å². The fraction of sp³-hybridized carbons (Fsp3) is 0.400. The Morgan fingerprint density at radius 1 is 1.60 bits per heavy atom. The molecule has 20 heavy (non-hydrogen) atoms. The zero-order chi connectivity index (χ0) is 14.5. The van der Waals surface area contributed by atoms with Crippen molar-refractivity contribution in [2.45, 2.75) is 19.4 Å². The molecule has 1 unspecified atom stereocenters. The van der Waals surface area contributed by atoms with Gasteiger partial charge < -0.3 is 14.7 Å². The summed E-state index contributed by atoms with van der Waals surface area (Å²) in [5.41, 5.74) is 1.70. The summed E-state index contributed by atoms with van der Waals surface area (Å²) >= 11 is 6.31. The van der Waals surface area contributed by atoms with Crippen LogP contribution in [0.5, 0.6) is 0 Å². The number of rotatable bonds is 4. The minimum Gasteiger partial charge on any atom is -0.478 e. The van der Waals surface area contributed by atoms with Crippen LogP contribution in [0.3, 0.4) is 0 Å². The number of ether oxygens (including phenoxy) is 1. The fourth-order valence-electron chi connectivity index (χ4n) is 2.33. The number of halogens is 1. The van der Waals surface area contributed by atoms with Crippen molar-refractivity contribution in [1.29, 1.82) is 0 Å². The molecule has 1 heterocycles. The Balaban J connectivity index is 2.31. The highest BCUT2D eigenvalue weighted by atomic mass is 35.5. The second-order valence-corrected chi connectivity index (χ2v) is 5.10. The molecule has 1 atom stereocenters. The van der Waals surface area contributed by atoms with Crippen LogP contribution in [0.2, 0.25) is 5.02 Å². The maximum atomic E-state index is 10.7. The first kappa shape index (κ1) is 14.9. The second kappa shape index (κ2) is 6.77. The molecule has 0 aliphatic carbocycles. The highest BCUT2D eigenvalue weighted by molar-refractivity contribution is 6.33. The molecule has 0 aromatic heterocycles. The molecule has 0 spiro atoms. The maximum absolute atomic E-state index is 10.7. The van der Waals surface area contributed by atoms with Gasteiger partial charge in [-0.15, -0.1) is 0 Å². The van der Waals surface area contributed by atoms with Crippen LogP contribution in [0.4, 0.5) is 5.69 Å². The van der Waals surface area contributed by atoms with E-state index in [-0.39, 0.29) is 6.10 Å². The predicted molar refractivity (Wildman–Crippen MR) is 80.4 cm³/mol. The maximum Gasteiger partial charge on any atom is 0.328 e. The Kier molecular flexibility index (Phi) is 5.04. The molecule has 0 bridgehead atoms. The topological polar surface area (TPSA) is 49.8 Å². The first-order chi connectivity index (χ1) is 9.61. The van der Waals surface area contributed by atoms with Crippen molar-refractivity contribution in [3.63, 3.8) is 0 Å². The van der Waals surface area contributed by atoms with Crippen molar-refractivity contribution in [3.8, 4) is 0 Å².